The first-order valence-corrected chi connectivity index (χ1v) is 9.36. The molecule has 4 aromatic heterocycles. The van der Waals surface area contributed by atoms with Crippen LogP contribution in [0.2, 0.25) is 0 Å². The van der Waals surface area contributed by atoms with Crippen LogP contribution in [0, 0.1) is 0 Å². The zero-order valence-corrected chi connectivity index (χ0v) is 14.8. The smallest absolute Gasteiger partial charge is 0.109 e. The lowest BCUT2D eigenvalue weighted by Gasteiger charge is -2.33. The molecule has 4 nitrogen and oxygen atoms in total. The summed E-state index contributed by atoms with van der Waals surface area (Å²) in [6, 6.07) is 12.4. The Balaban J connectivity index is 1.67. The van der Waals surface area contributed by atoms with Gasteiger partial charge in [-0.3, -0.25) is 15.1 Å². The highest BCUT2D eigenvalue weighted by Crippen LogP contribution is 2.42. The number of H-pyrrole nitrogens is 1. The molecule has 1 aliphatic rings. The van der Waals surface area contributed by atoms with Crippen molar-refractivity contribution in [1.82, 2.24) is 20.2 Å². The summed E-state index contributed by atoms with van der Waals surface area (Å²) in [6.07, 6.45) is 12.8. The standard InChI is InChI=1S/C21H16N4S/c1-4-15(13-22-9-1)21(16-5-2-10-23-14-16)8-7-17-18(12-21)24-25-20(17)19-6-3-11-26-19/h1-11,13-14H,12H2,(H,24,25). The van der Waals surface area contributed by atoms with Gasteiger partial charge in [-0.05, 0) is 34.7 Å². The van der Waals surface area contributed by atoms with Crippen LogP contribution in [0.25, 0.3) is 16.6 Å². The molecule has 126 valence electrons. The van der Waals surface area contributed by atoms with E-state index in [1.54, 1.807) is 11.3 Å². The van der Waals surface area contributed by atoms with Crippen LogP contribution in [0.15, 0.2) is 72.6 Å². The number of nitrogens with zero attached hydrogens (tertiary/aromatic N) is 3. The highest BCUT2D eigenvalue weighted by molar-refractivity contribution is 7.13. The van der Waals surface area contributed by atoms with Crippen LogP contribution in [0.5, 0.6) is 0 Å². The summed E-state index contributed by atoms with van der Waals surface area (Å²) < 4.78 is 0. The van der Waals surface area contributed by atoms with E-state index in [9.17, 15) is 0 Å². The normalized spacial score (nSPS) is 14.9. The summed E-state index contributed by atoms with van der Waals surface area (Å²) in [5, 5.41) is 9.95. The van der Waals surface area contributed by atoms with E-state index in [1.807, 2.05) is 36.9 Å². The van der Waals surface area contributed by atoms with Crippen molar-refractivity contribution in [3.05, 3.63) is 95.0 Å². The van der Waals surface area contributed by atoms with Gasteiger partial charge in [0.2, 0.25) is 0 Å². The van der Waals surface area contributed by atoms with Crippen molar-refractivity contribution in [3.8, 4) is 10.6 Å². The van der Waals surface area contributed by atoms with E-state index in [0.29, 0.717) is 0 Å². The van der Waals surface area contributed by atoms with E-state index in [2.05, 4.69) is 62.0 Å². The molecule has 1 aliphatic carbocycles. The number of fused-ring (bicyclic) bond motifs is 1. The molecule has 0 amide bonds. The van der Waals surface area contributed by atoms with Gasteiger partial charge in [-0.25, -0.2) is 0 Å². The van der Waals surface area contributed by atoms with Crippen molar-refractivity contribution >= 4 is 17.4 Å². The number of aromatic amines is 1. The van der Waals surface area contributed by atoms with E-state index < -0.39 is 0 Å². The largest absolute Gasteiger partial charge is 0.281 e. The predicted molar refractivity (Wildman–Crippen MR) is 104 cm³/mol. The van der Waals surface area contributed by atoms with Gasteiger partial charge in [0, 0.05) is 47.9 Å². The Morgan fingerprint density at radius 2 is 1.73 bits per heavy atom. The third kappa shape index (κ3) is 2.32. The predicted octanol–water partition coefficient (Wildman–Crippen LogP) is 4.48. The van der Waals surface area contributed by atoms with Crippen molar-refractivity contribution in [2.24, 2.45) is 0 Å². The molecule has 0 saturated heterocycles. The van der Waals surface area contributed by atoms with Crippen LogP contribution in [0.3, 0.4) is 0 Å². The van der Waals surface area contributed by atoms with Gasteiger partial charge in [0.15, 0.2) is 0 Å². The third-order valence-corrected chi connectivity index (χ3v) is 5.86. The quantitative estimate of drug-likeness (QED) is 0.589. The van der Waals surface area contributed by atoms with Gasteiger partial charge < -0.3 is 0 Å². The van der Waals surface area contributed by atoms with Gasteiger partial charge in [-0.15, -0.1) is 11.3 Å². The first-order valence-electron chi connectivity index (χ1n) is 8.48. The fraction of sp³-hybridized carbons (Fsp3) is 0.0952. The average Bonchev–Trinajstić information content (AvgIpc) is 3.38. The number of aromatic nitrogens is 4. The molecule has 0 fully saturated rings. The van der Waals surface area contributed by atoms with E-state index in [1.165, 1.54) is 10.4 Å². The van der Waals surface area contributed by atoms with Crippen molar-refractivity contribution in [2.75, 3.05) is 0 Å². The molecule has 4 aromatic rings. The monoisotopic (exact) mass is 356 g/mol. The molecule has 1 N–H and O–H groups in total. The molecule has 5 heteroatoms. The topological polar surface area (TPSA) is 54.5 Å². The van der Waals surface area contributed by atoms with Gasteiger partial charge in [-0.1, -0.05) is 30.4 Å². The summed E-state index contributed by atoms with van der Waals surface area (Å²) in [5.74, 6) is 0. The molecule has 5 rings (SSSR count). The van der Waals surface area contributed by atoms with Gasteiger partial charge in [-0.2, -0.15) is 5.10 Å². The molecular formula is C21H16N4S. The SMILES string of the molecule is C1=CC(c2cccnc2)(c2cccnc2)Cc2[nH]nc(-c3cccs3)c21. The minimum atomic E-state index is -0.297. The van der Waals surface area contributed by atoms with Crippen LogP contribution < -0.4 is 0 Å². The van der Waals surface area contributed by atoms with Gasteiger partial charge >= 0.3 is 0 Å². The number of allylic oxidation sites excluding steroid dienone is 1. The Hall–Kier alpha value is -3.05. The van der Waals surface area contributed by atoms with Gasteiger partial charge in [0.1, 0.15) is 5.69 Å². The van der Waals surface area contributed by atoms with Gasteiger partial charge in [0.25, 0.3) is 0 Å². The zero-order chi connectivity index (χ0) is 17.4. The fourth-order valence-corrected chi connectivity index (χ4v) is 4.41. The average molecular weight is 356 g/mol. The van der Waals surface area contributed by atoms with Crippen LogP contribution in [-0.4, -0.2) is 20.2 Å². The number of hydrogen-bond acceptors (Lipinski definition) is 4. The molecule has 0 radical (unpaired) electrons. The Morgan fingerprint density at radius 3 is 2.35 bits per heavy atom. The second-order valence-corrected chi connectivity index (χ2v) is 7.35. The maximum atomic E-state index is 4.60. The highest BCUT2D eigenvalue weighted by Gasteiger charge is 2.37. The minimum Gasteiger partial charge on any atom is -0.281 e. The molecule has 0 bridgehead atoms. The lowest BCUT2D eigenvalue weighted by atomic mass is 9.69. The molecule has 0 spiro atoms. The lowest BCUT2D eigenvalue weighted by Crippen LogP contribution is -2.30. The Kier molecular flexibility index (Phi) is 3.53. The summed E-state index contributed by atoms with van der Waals surface area (Å²) in [4.78, 5) is 9.89. The van der Waals surface area contributed by atoms with Gasteiger partial charge in [0.05, 0.1) is 4.88 Å². The molecule has 0 saturated carbocycles. The van der Waals surface area contributed by atoms with Crippen LogP contribution in [-0.2, 0) is 11.8 Å². The zero-order valence-electron chi connectivity index (χ0n) is 14.0. The van der Waals surface area contributed by atoms with Crippen molar-refractivity contribution in [3.63, 3.8) is 0 Å². The first-order chi connectivity index (χ1) is 12.9. The van der Waals surface area contributed by atoms with Crippen molar-refractivity contribution in [2.45, 2.75) is 11.8 Å². The molecule has 0 atom stereocenters. The lowest BCUT2D eigenvalue weighted by molar-refractivity contribution is 0.615. The van der Waals surface area contributed by atoms with E-state index >= 15 is 0 Å². The highest BCUT2D eigenvalue weighted by atomic mass is 32.1. The summed E-state index contributed by atoms with van der Waals surface area (Å²) in [7, 11) is 0. The number of nitrogens with one attached hydrogen (secondary N) is 1. The molecular weight excluding hydrogens is 340 g/mol. The maximum absolute atomic E-state index is 4.60. The molecule has 0 unspecified atom stereocenters. The Labute approximate surface area is 155 Å². The Morgan fingerprint density at radius 1 is 0.962 bits per heavy atom. The number of rotatable bonds is 3. The van der Waals surface area contributed by atoms with E-state index in [-0.39, 0.29) is 5.41 Å². The molecule has 4 heterocycles. The van der Waals surface area contributed by atoms with Crippen molar-refractivity contribution < 1.29 is 0 Å². The van der Waals surface area contributed by atoms with Crippen LogP contribution in [0.1, 0.15) is 22.4 Å². The van der Waals surface area contributed by atoms with Crippen LogP contribution >= 0.6 is 11.3 Å². The number of thiophene rings is 1. The minimum absolute atomic E-state index is 0.297. The molecule has 26 heavy (non-hydrogen) atoms. The maximum Gasteiger partial charge on any atom is 0.109 e. The summed E-state index contributed by atoms with van der Waals surface area (Å²) in [6.45, 7) is 0. The Bertz CT molecular complexity index is 1010. The molecule has 0 aliphatic heterocycles. The summed E-state index contributed by atoms with van der Waals surface area (Å²) >= 11 is 1.71. The van der Waals surface area contributed by atoms with Crippen molar-refractivity contribution in [1.29, 1.82) is 0 Å². The second-order valence-electron chi connectivity index (χ2n) is 6.41. The third-order valence-electron chi connectivity index (χ3n) is 4.98. The first kappa shape index (κ1) is 15.2. The second kappa shape index (κ2) is 6.04. The fourth-order valence-electron chi connectivity index (χ4n) is 3.68. The molecule has 0 aromatic carbocycles. The van der Waals surface area contributed by atoms with E-state index in [0.717, 1.165) is 28.9 Å². The summed E-state index contributed by atoms with van der Waals surface area (Å²) in [5.41, 5.74) is 5.36. The number of pyridine rings is 2. The number of hydrogen-bond donors (Lipinski definition) is 1. The van der Waals surface area contributed by atoms with E-state index in [4.69, 9.17) is 0 Å². The van der Waals surface area contributed by atoms with Crippen LogP contribution in [0.4, 0.5) is 0 Å².